The Morgan fingerprint density at radius 2 is 1.82 bits per heavy atom. The number of carbonyl (C=O) groups excluding carboxylic acids is 1. The van der Waals surface area contributed by atoms with Gasteiger partial charge in [-0.25, -0.2) is 18.2 Å². The number of hydrogen-bond acceptors (Lipinski definition) is 7. The summed E-state index contributed by atoms with van der Waals surface area (Å²) in [5, 5.41) is 0.779. The van der Waals surface area contributed by atoms with Crippen molar-refractivity contribution in [1.29, 1.82) is 0 Å². The van der Waals surface area contributed by atoms with Gasteiger partial charge < -0.3 is 14.0 Å². The van der Waals surface area contributed by atoms with E-state index >= 15 is 0 Å². The van der Waals surface area contributed by atoms with E-state index < -0.39 is 16.0 Å². The first-order valence-electron chi connectivity index (χ1n) is 11.1. The van der Waals surface area contributed by atoms with E-state index in [2.05, 4.69) is 18.4 Å². The number of thioether (sulfide) groups is 1. The molecule has 0 unspecified atom stereocenters. The van der Waals surface area contributed by atoms with Gasteiger partial charge in [0.2, 0.25) is 10.0 Å². The lowest BCUT2D eigenvalue weighted by Crippen LogP contribution is -2.30. The average molecular weight is 506 g/mol. The number of ether oxygens (including phenoxy) is 2. The first-order valence-corrected chi connectivity index (χ1v) is 13.5. The van der Waals surface area contributed by atoms with Crippen molar-refractivity contribution in [2.75, 3.05) is 27.3 Å². The highest BCUT2D eigenvalue weighted by molar-refractivity contribution is 7.98. The number of nitrogens with zero attached hydrogens (tertiary/aromatic N) is 3. The van der Waals surface area contributed by atoms with Crippen molar-refractivity contribution in [2.45, 2.75) is 49.5 Å². The minimum Gasteiger partial charge on any atom is -0.496 e. The quantitative estimate of drug-likeness (QED) is 0.290. The highest BCUT2D eigenvalue weighted by Gasteiger charge is 2.24. The summed E-state index contributed by atoms with van der Waals surface area (Å²) in [6.07, 6.45) is 0. The van der Waals surface area contributed by atoms with E-state index in [-0.39, 0.29) is 10.9 Å². The van der Waals surface area contributed by atoms with E-state index in [1.54, 1.807) is 31.4 Å². The topological polar surface area (TPSA) is 90.7 Å². The SMILES string of the molecule is CCN(CC)S(=O)(=O)c1ccc2c(c1)nc(SCc1ccc(C(=O)OC)cc1OC)n2C(C)C. The van der Waals surface area contributed by atoms with Gasteiger partial charge >= 0.3 is 5.97 Å². The van der Waals surface area contributed by atoms with Gasteiger partial charge in [-0.05, 0) is 44.2 Å². The number of rotatable bonds is 10. The van der Waals surface area contributed by atoms with Gasteiger partial charge in [0.15, 0.2) is 5.16 Å². The molecule has 3 rings (SSSR count). The zero-order valence-electron chi connectivity index (χ0n) is 20.4. The summed E-state index contributed by atoms with van der Waals surface area (Å²) in [6.45, 7) is 8.61. The van der Waals surface area contributed by atoms with Gasteiger partial charge in [-0.1, -0.05) is 31.7 Å². The smallest absolute Gasteiger partial charge is 0.337 e. The Balaban J connectivity index is 1.97. The van der Waals surface area contributed by atoms with Gasteiger partial charge in [-0.3, -0.25) is 0 Å². The molecular weight excluding hydrogens is 474 g/mol. The number of benzene rings is 2. The standard InChI is InChI=1S/C24H31N3O5S2/c1-7-26(8-2)34(29,30)19-11-12-21-20(14-19)25-24(27(21)16(3)4)33-15-18-10-9-17(23(28)32-6)13-22(18)31-5/h9-14,16H,7-8,15H2,1-6H3. The second-order valence-electron chi connectivity index (χ2n) is 7.90. The molecule has 0 aliphatic heterocycles. The van der Waals surface area contributed by atoms with Crippen LogP contribution in [0.4, 0.5) is 0 Å². The molecule has 0 fully saturated rings. The van der Waals surface area contributed by atoms with Crippen molar-refractivity contribution in [2.24, 2.45) is 0 Å². The number of methoxy groups -OCH3 is 2. The predicted molar refractivity (Wildman–Crippen MR) is 134 cm³/mol. The van der Waals surface area contributed by atoms with E-state index in [1.165, 1.54) is 23.2 Å². The molecule has 0 atom stereocenters. The number of fused-ring (bicyclic) bond motifs is 1. The molecule has 0 bridgehead atoms. The molecule has 0 spiro atoms. The molecule has 184 valence electrons. The predicted octanol–water partition coefficient (Wildman–Crippen LogP) is 4.74. The van der Waals surface area contributed by atoms with Crippen LogP contribution < -0.4 is 4.74 Å². The Hall–Kier alpha value is -2.56. The summed E-state index contributed by atoms with van der Waals surface area (Å²) in [5.41, 5.74) is 2.85. The van der Waals surface area contributed by atoms with E-state index in [9.17, 15) is 13.2 Å². The van der Waals surface area contributed by atoms with Gasteiger partial charge in [0.1, 0.15) is 5.75 Å². The van der Waals surface area contributed by atoms with Crippen molar-refractivity contribution >= 4 is 38.8 Å². The minimum absolute atomic E-state index is 0.126. The summed E-state index contributed by atoms with van der Waals surface area (Å²) in [6, 6.07) is 10.5. The van der Waals surface area contributed by atoms with E-state index in [0.29, 0.717) is 35.7 Å². The molecule has 2 aromatic carbocycles. The molecule has 0 aliphatic rings. The first-order chi connectivity index (χ1) is 16.2. The maximum atomic E-state index is 13.0. The van der Waals surface area contributed by atoms with Gasteiger partial charge in [0.05, 0.1) is 35.7 Å². The molecule has 1 aromatic heterocycles. The Morgan fingerprint density at radius 1 is 1.12 bits per heavy atom. The Kier molecular flexibility index (Phi) is 8.27. The lowest BCUT2D eigenvalue weighted by Gasteiger charge is -2.18. The van der Waals surface area contributed by atoms with Crippen LogP contribution in [-0.2, 0) is 20.5 Å². The van der Waals surface area contributed by atoms with Gasteiger partial charge in [-0.2, -0.15) is 4.31 Å². The van der Waals surface area contributed by atoms with E-state index in [4.69, 9.17) is 14.5 Å². The number of sulfonamides is 1. The largest absolute Gasteiger partial charge is 0.496 e. The van der Waals surface area contributed by atoms with Crippen LogP contribution in [0.5, 0.6) is 5.75 Å². The third-order valence-electron chi connectivity index (χ3n) is 5.55. The summed E-state index contributed by atoms with van der Waals surface area (Å²) < 4.78 is 39.8. The summed E-state index contributed by atoms with van der Waals surface area (Å²) in [5.74, 6) is 0.732. The third-order valence-corrected chi connectivity index (χ3v) is 8.60. The number of esters is 1. The summed E-state index contributed by atoms with van der Waals surface area (Å²) in [4.78, 5) is 16.8. The molecule has 3 aromatic rings. The molecular formula is C24H31N3O5S2. The number of aromatic nitrogens is 2. The molecule has 0 saturated carbocycles. The van der Waals surface area contributed by atoms with E-state index in [0.717, 1.165) is 16.2 Å². The van der Waals surface area contributed by atoms with Crippen LogP contribution in [0.2, 0.25) is 0 Å². The van der Waals surface area contributed by atoms with Gasteiger partial charge in [0.25, 0.3) is 0 Å². The van der Waals surface area contributed by atoms with Crippen LogP contribution in [0, 0.1) is 0 Å². The van der Waals surface area contributed by atoms with Crippen LogP contribution in [0.1, 0.15) is 49.7 Å². The minimum atomic E-state index is -3.57. The molecule has 0 saturated heterocycles. The van der Waals surface area contributed by atoms with Crippen LogP contribution in [0.25, 0.3) is 11.0 Å². The highest BCUT2D eigenvalue weighted by atomic mass is 32.2. The second-order valence-corrected chi connectivity index (χ2v) is 10.8. The molecule has 34 heavy (non-hydrogen) atoms. The van der Waals surface area contributed by atoms with E-state index in [1.807, 2.05) is 26.0 Å². The zero-order chi connectivity index (χ0) is 25.0. The molecule has 1 heterocycles. The van der Waals surface area contributed by atoms with Gasteiger partial charge in [-0.15, -0.1) is 0 Å². The third kappa shape index (κ3) is 5.08. The van der Waals surface area contributed by atoms with Gasteiger partial charge in [0, 0.05) is 30.4 Å². The average Bonchev–Trinajstić information content (AvgIpc) is 3.20. The monoisotopic (exact) mass is 505 g/mol. The van der Waals surface area contributed by atoms with Crippen LogP contribution in [0.3, 0.4) is 0 Å². The van der Waals surface area contributed by atoms with Crippen molar-refractivity contribution in [1.82, 2.24) is 13.9 Å². The molecule has 0 N–H and O–H groups in total. The maximum absolute atomic E-state index is 13.0. The normalized spacial score (nSPS) is 12.0. The molecule has 0 radical (unpaired) electrons. The maximum Gasteiger partial charge on any atom is 0.337 e. The number of carbonyl (C=O) groups is 1. The fourth-order valence-electron chi connectivity index (χ4n) is 3.78. The van der Waals surface area contributed by atoms with Crippen LogP contribution in [0.15, 0.2) is 46.5 Å². The van der Waals surface area contributed by atoms with Crippen molar-refractivity contribution < 1.29 is 22.7 Å². The number of hydrogen-bond donors (Lipinski definition) is 0. The summed E-state index contributed by atoms with van der Waals surface area (Å²) in [7, 11) is -0.669. The van der Waals surface area contributed by atoms with Crippen LogP contribution in [-0.4, -0.2) is 55.6 Å². The zero-order valence-corrected chi connectivity index (χ0v) is 22.0. The van der Waals surface area contributed by atoms with Crippen molar-refractivity contribution in [3.05, 3.63) is 47.5 Å². The number of imidazole rings is 1. The van der Waals surface area contributed by atoms with Crippen molar-refractivity contribution in [3.63, 3.8) is 0 Å². The molecule has 0 aliphatic carbocycles. The summed E-state index contributed by atoms with van der Waals surface area (Å²) >= 11 is 1.53. The second kappa shape index (κ2) is 10.8. The molecule has 0 amide bonds. The molecule has 8 nitrogen and oxygen atoms in total. The molecule has 10 heteroatoms. The fourth-order valence-corrected chi connectivity index (χ4v) is 6.39. The lowest BCUT2D eigenvalue weighted by molar-refractivity contribution is 0.0600. The Bertz CT molecular complexity index is 1280. The Morgan fingerprint density at radius 3 is 2.41 bits per heavy atom. The van der Waals surface area contributed by atoms with Crippen molar-refractivity contribution in [3.8, 4) is 5.75 Å². The highest BCUT2D eigenvalue weighted by Crippen LogP contribution is 2.33. The first kappa shape index (κ1) is 26.1. The van der Waals surface area contributed by atoms with Crippen LogP contribution >= 0.6 is 11.8 Å². The lowest BCUT2D eigenvalue weighted by atomic mass is 10.1. The fraction of sp³-hybridized carbons (Fsp3) is 0.417. The Labute approximate surface area is 205 Å².